The van der Waals surface area contributed by atoms with Crippen molar-refractivity contribution in [2.24, 2.45) is 5.73 Å². The summed E-state index contributed by atoms with van der Waals surface area (Å²) in [5, 5.41) is 0. The van der Waals surface area contributed by atoms with Crippen LogP contribution in [0.5, 0.6) is 0 Å². The van der Waals surface area contributed by atoms with E-state index in [2.05, 4.69) is 33.9 Å². The van der Waals surface area contributed by atoms with Gasteiger partial charge in [0.05, 0.1) is 23.9 Å². The predicted octanol–water partition coefficient (Wildman–Crippen LogP) is 2.96. The number of nitrogens with zero attached hydrogens (tertiary/aromatic N) is 2. The maximum absolute atomic E-state index is 5.91. The number of aromatic nitrogens is 2. The second-order valence-electron chi connectivity index (χ2n) is 3.86. The van der Waals surface area contributed by atoms with E-state index in [1.165, 1.54) is 5.56 Å². The molecular weight excluding hydrogens is 266 g/mol. The van der Waals surface area contributed by atoms with Gasteiger partial charge < -0.3 is 10.3 Å². The van der Waals surface area contributed by atoms with Crippen LogP contribution in [-0.4, -0.2) is 9.55 Å². The molecular formula is C12H14BrN3. The summed E-state index contributed by atoms with van der Waals surface area (Å²) in [6.07, 6.45) is 3.61. The lowest BCUT2D eigenvalue weighted by atomic mass is 10.2. The van der Waals surface area contributed by atoms with E-state index in [-0.39, 0.29) is 6.04 Å². The highest BCUT2D eigenvalue weighted by Gasteiger charge is 2.10. The lowest BCUT2D eigenvalue weighted by molar-refractivity contribution is 0.751. The predicted molar refractivity (Wildman–Crippen MR) is 68.6 cm³/mol. The van der Waals surface area contributed by atoms with Crippen LogP contribution in [0.15, 0.2) is 35.2 Å². The molecule has 16 heavy (non-hydrogen) atoms. The molecule has 1 aromatic heterocycles. The molecule has 4 heteroatoms. The zero-order chi connectivity index (χ0) is 11.7. The fourth-order valence-electron chi connectivity index (χ4n) is 1.70. The summed E-state index contributed by atoms with van der Waals surface area (Å²) in [6.45, 7) is 4.03. The van der Waals surface area contributed by atoms with Gasteiger partial charge in [-0.25, -0.2) is 4.98 Å². The first-order chi connectivity index (χ1) is 7.61. The Morgan fingerprint density at radius 3 is 2.88 bits per heavy atom. The van der Waals surface area contributed by atoms with Crippen LogP contribution in [0, 0.1) is 6.92 Å². The molecule has 2 aromatic rings. The average molecular weight is 280 g/mol. The van der Waals surface area contributed by atoms with Gasteiger partial charge in [0, 0.05) is 10.5 Å². The number of imidazole rings is 1. The molecule has 0 unspecified atom stereocenters. The molecule has 1 atom stereocenters. The summed E-state index contributed by atoms with van der Waals surface area (Å²) in [4.78, 5) is 4.16. The van der Waals surface area contributed by atoms with Gasteiger partial charge in [0.1, 0.15) is 0 Å². The fourth-order valence-corrected chi connectivity index (χ4v) is 2.06. The van der Waals surface area contributed by atoms with Crippen molar-refractivity contribution < 1.29 is 0 Å². The molecule has 0 amide bonds. The maximum Gasteiger partial charge on any atom is 0.0994 e. The van der Waals surface area contributed by atoms with Crippen LogP contribution in [0.3, 0.4) is 0 Å². The molecule has 0 aliphatic heterocycles. The van der Waals surface area contributed by atoms with Crippen molar-refractivity contribution in [3.05, 3.63) is 46.5 Å². The smallest absolute Gasteiger partial charge is 0.0994 e. The molecule has 84 valence electrons. The molecule has 2 N–H and O–H groups in total. The Hall–Kier alpha value is -1.13. The van der Waals surface area contributed by atoms with Crippen LogP contribution in [0.1, 0.15) is 24.2 Å². The van der Waals surface area contributed by atoms with Gasteiger partial charge in [0.2, 0.25) is 0 Å². The molecule has 0 radical (unpaired) electrons. The van der Waals surface area contributed by atoms with Crippen LogP contribution < -0.4 is 5.73 Å². The van der Waals surface area contributed by atoms with Gasteiger partial charge in [-0.15, -0.1) is 0 Å². The van der Waals surface area contributed by atoms with E-state index in [9.17, 15) is 0 Å². The molecule has 0 bridgehead atoms. The van der Waals surface area contributed by atoms with Crippen LogP contribution in [0.2, 0.25) is 0 Å². The fraction of sp³-hybridized carbons (Fsp3) is 0.250. The van der Waals surface area contributed by atoms with Gasteiger partial charge in [0.15, 0.2) is 0 Å². The van der Waals surface area contributed by atoms with Gasteiger partial charge in [0.25, 0.3) is 0 Å². The van der Waals surface area contributed by atoms with Crippen molar-refractivity contribution >= 4 is 15.9 Å². The molecule has 1 aromatic carbocycles. The summed E-state index contributed by atoms with van der Waals surface area (Å²) < 4.78 is 3.12. The largest absolute Gasteiger partial charge is 0.323 e. The van der Waals surface area contributed by atoms with Crippen molar-refractivity contribution in [1.82, 2.24) is 9.55 Å². The van der Waals surface area contributed by atoms with E-state index < -0.39 is 0 Å². The Morgan fingerprint density at radius 2 is 2.19 bits per heavy atom. The van der Waals surface area contributed by atoms with E-state index >= 15 is 0 Å². The molecule has 1 heterocycles. The second-order valence-corrected chi connectivity index (χ2v) is 4.72. The molecule has 0 aliphatic rings. The van der Waals surface area contributed by atoms with Crippen LogP contribution in [0.25, 0.3) is 5.69 Å². The normalized spacial score (nSPS) is 12.8. The number of benzene rings is 1. The lowest BCUT2D eigenvalue weighted by Crippen LogP contribution is -2.11. The highest BCUT2D eigenvalue weighted by molar-refractivity contribution is 9.10. The van der Waals surface area contributed by atoms with Crippen molar-refractivity contribution in [2.75, 3.05) is 0 Å². The number of nitrogens with two attached hydrogens (primary N) is 1. The Kier molecular flexibility index (Phi) is 3.12. The first kappa shape index (κ1) is 11.4. The highest BCUT2D eigenvalue weighted by Crippen LogP contribution is 2.24. The van der Waals surface area contributed by atoms with Crippen LogP contribution in [0.4, 0.5) is 0 Å². The molecule has 0 fully saturated rings. The summed E-state index contributed by atoms with van der Waals surface area (Å²) in [5.41, 5.74) is 9.22. The molecule has 3 nitrogen and oxygen atoms in total. The molecule has 0 saturated heterocycles. The number of halogens is 1. The summed E-state index contributed by atoms with van der Waals surface area (Å²) >= 11 is 3.53. The summed E-state index contributed by atoms with van der Waals surface area (Å²) in [5.74, 6) is 0. The molecule has 0 aliphatic carbocycles. The monoisotopic (exact) mass is 279 g/mol. The van der Waals surface area contributed by atoms with Gasteiger partial charge in [-0.2, -0.15) is 0 Å². The Labute approximate surface area is 103 Å². The van der Waals surface area contributed by atoms with Gasteiger partial charge in [-0.1, -0.05) is 22.0 Å². The summed E-state index contributed by atoms with van der Waals surface area (Å²) in [7, 11) is 0. The summed E-state index contributed by atoms with van der Waals surface area (Å²) in [6, 6.07) is 6.08. The minimum Gasteiger partial charge on any atom is -0.323 e. The lowest BCUT2D eigenvalue weighted by Gasteiger charge is -2.13. The average Bonchev–Trinajstić information content (AvgIpc) is 2.70. The Bertz CT molecular complexity index is 503. The highest BCUT2D eigenvalue weighted by atomic mass is 79.9. The zero-order valence-corrected chi connectivity index (χ0v) is 10.9. The Morgan fingerprint density at radius 1 is 1.44 bits per heavy atom. The Balaban J connectivity index is 2.59. The topological polar surface area (TPSA) is 43.8 Å². The molecule has 0 spiro atoms. The SMILES string of the molecule is Cc1c(Br)cccc1-n1cncc1[C@@H](C)N. The third-order valence-electron chi connectivity index (χ3n) is 2.63. The number of hydrogen-bond acceptors (Lipinski definition) is 2. The van der Waals surface area contributed by atoms with Gasteiger partial charge in [-0.05, 0) is 31.5 Å². The van der Waals surface area contributed by atoms with E-state index in [1.54, 1.807) is 6.33 Å². The van der Waals surface area contributed by atoms with Crippen molar-refractivity contribution in [1.29, 1.82) is 0 Å². The third-order valence-corrected chi connectivity index (χ3v) is 3.49. The first-order valence-corrected chi connectivity index (χ1v) is 5.94. The van der Waals surface area contributed by atoms with E-state index in [0.717, 1.165) is 15.9 Å². The van der Waals surface area contributed by atoms with Gasteiger partial charge in [-0.3, -0.25) is 0 Å². The van der Waals surface area contributed by atoms with Crippen molar-refractivity contribution in [3.63, 3.8) is 0 Å². The van der Waals surface area contributed by atoms with Crippen molar-refractivity contribution in [2.45, 2.75) is 19.9 Å². The first-order valence-electron chi connectivity index (χ1n) is 5.14. The second kappa shape index (κ2) is 4.39. The third kappa shape index (κ3) is 1.90. The minimum absolute atomic E-state index is 0.0270. The number of hydrogen-bond donors (Lipinski definition) is 1. The minimum atomic E-state index is -0.0270. The van der Waals surface area contributed by atoms with E-state index in [1.807, 2.05) is 29.8 Å². The van der Waals surface area contributed by atoms with E-state index in [0.29, 0.717) is 0 Å². The quantitative estimate of drug-likeness (QED) is 0.919. The maximum atomic E-state index is 5.91. The van der Waals surface area contributed by atoms with Crippen molar-refractivity contribution in [3.8, 4) is 5.69 Å². The zero-order valence-electron chi connectivity index (χ0n) is 9.31. The molecule has 2 rings (SSSR count). The standard InChI is InChI=1S/C12H14BrN3/c1-8-10(13)4-3-5-11(8)16-7-15-6-12(16)9(2)14/h3-7,9H,14H2,1-2H3/t9-/m1/s1. The van der Waals surface area contributed by atoms with Crippen LogP contribution in [-0.2, 0) is 0 Å². The van der Waals surface area contributed by atoms with Crippen LogP contribution >= 0.6 is 15.9 Å². The van der Waals surface area contributed by atoms with Gasteiger partial charge >= 0.3 is 0 Å². The molecule has 0 saturated carbocycles. The number of rotatable bonds is 2. The van der Waals surface area contributed by atoms with E-state index in [4.69, 9.17) is 5.73 Å².